The summed E-state index contributed by atoms with van der Waals surface area (Å²) in [6.45, 7) is 2.76. The molecule has 0 atom stereocenters. The van der Waals surface area contributed by atoms with E-state index < -0.39 is 0 Å². The minimum absolute atomic E-state index is 0.152. The van der Waals surface area contributed by atoms with Gasteiger partial charge in [0.1, 0.15) is 12.4 Å². The molecule has 1 aromatic rings. The number of pyridine rings is 1. The van der Waals surface area contributed by atoms with Gasteiger partial charge in [0.2, 0.25) is 0 Å². The van der Waals surface area contributed by atoms with Crippen molar-refractivity contribution in [2.24, 2.45) is 0 Å². The fourth-order valence-electron chi connectivity index (χ4n) is 1.82. The van der Waals surface area contributed by atoms with E-state index in [1.807, 2.05) is 0 Å². The van der Waals surface area contributed by atoms with Crippen LogP contribution >= 0.6 is 0 Å². The second-order valence-corrected chi connectivity index (χ2v) is 4.65. The number of aromatic nitrogens is 1. The molecule has 0 saturated carbocycles. The summed E-state index contributed by atoms with van der Waals surface area (Å²) in [5.74, 6) is 0.381. The number of nitriles is 1. The molecule has 0 bridgehead atoms. The van der Waals surface area contributed by atoms with Crippen molar-refractivity contribution >= 4 is 11.8 Å². The van der Waals surface area contributed by atoms with Crippen molar-refractivity contribution in [3.63, 3.8) is 0 Å². The van der Waals surface area contributed by atoms with Crippen LogP contribution in [0.25, 0.3) is 0 Å². The lowest BCUT2D eigenvalue weighted by molar-refractivity contribution is 0.251. The molecule has 1 heterocycles. The van der Waals surface area contributed by atoms with Crippen LogP contribution in [-0.2, 0) is 4.74 Å². The Labute approximate surface area is 123 Å². The molecule has 114 valence electrons. The van der Waals surface area contributed by atoms with Crippen LogP contribution in [0.15, 0.2) is 16.9 Å². The number of unbranched alkanes of at least 4 members (excludes halogenated alkanes) is 3. The summed E-state index contributed by atoms with van der Waals surface area (Å²) >= 11 is 0. The Balaban J connectivity index is 2.14. The minimum Gasteiger partial charge on any atom is -0.428 e. The second-order valence-electron chi connectivity index (χ2n) is 4.65. The van der Waals surface area contributed by atoms with Crippen molar-refractivity contribution in [1.29, 1.82) is 5.26 Å². The summed E-state index contributed by atoms with van der Waals surface area (Å²) in [6.07, 6.45) is 5.22. The van der Waals surface area contributed by atoms with Gasteiger partial charge in [0, 0.05) is 24.4 Å². The number of carbonyl (C=O) groups excluding carboxylic acids is 1. The Hall–Kier alpha value is -2.49. The van der Waals surface area contributed by atoms with Crippen LogP contribution in [0, 0.1) is 18.4 Å². The van der Waals surface area contributed by atoms with Gasteiger partial charge in [0.15, 0.2) is 5.43 Å². The number of amides is 2. The number of urea groups is 1. The number of carbonyl (C=O) groups is 1. The maximum absolute atomic E-state index is 11.6. The molecule has 0 unspecified atom stereocenters. The first kappa shape index (κ1) is 16.6. The van der Waals surface area contributed by atoms with Gasteiger partial charge >= 0.3 is 6.03 Å². The molecule has 1 rings (SSSR count). The third-order valence-electron chi connectivity index (χ3n) is 2.75. The predicted octanol–water partition coefficient (Wildman–Crippen LogP) is 1.86. The molecule has 0 spiro atoms. The molecule has 0 aliphatic carbocycles. The standard InChI is InChI=1S/C14H20N4O3/c1-11-8-12(19)9-13(17-11)18-14(20)16-6-4-2-3-5-7-21-10-15/h8-9H,2-7H2,1H3,(H3,16,17,18,19,20). The molecule has 0 aliphatic rings. The largest absolute Gasteiger partial charge is 0.428 e. The predicted molar refractivity (Wildman–Crippen MR) is 78.9 cm³/mol. The zero-order chi connectivity index (χ0) is 15.5. The van der Waals surface area contributed by atoms with Crippen LogP contribution in [0.4, 0.5) is 10.6 Å². The summed E-state index contributed by atoms with van der Waals surface area (Å²) in [7, 11) is 0. The number of ether oxygens (including phenoxy) is 1. The van der Waals surface area contributed by atoms with Crippen LogP contribution in [0.3, 0.4) is 0 Å². The molecule has 7 nitrogen and oxygen atoms in total. The Morgan fingerprint density at radius 1 is 1.33 bits per heavy atom. The number of hydrogen-bond donors (Lipinski definition) is 3. The molecule has 1 aromatic heterocycles. The van der Waals surface area contributed by atoms with Gasteiger partial charge in [0.25, 0.3) is 6.26 Å². The number of nitrogens with zero attached hydrogens (tertiary/aromatic N) is 1. The molecule has 0 saturated heterocycles. The Kier molecular flexibility index (Phi) is 7.43. The topological polar surface area (TPSA) is 107 Å². The van der Waals surface area contributed by atoms with Gasteiger partial charge in [0.05, 0.1) is 0 Å². The zero-order valence-electron chi connectivity index (χ0n) is 12.1. The average molecular weight is 292 g/mol. The summed E-state index contributed by atoms with van der Waals surface area (Å²) in [6, 6.07) is 2.45. The molecule has 0 radical (unpaired) electrons. The third kappa shape index (κ3) is 7.62. The molecule has 2 amide bonds. The van der Waals surface area contributed by atoms with Crippen molar-refractivity contribution in [2.45, 2.75) is 32.6 Å². The summed E-state index contributed by atoms with van der Waals surface area (Å²) in [5.41, 5.74) is 0.540. The van der Waals surface area contributed by atoms with Crippen LogP contribution < -0.4 is 16.1 Å². The van der Waals surface area contributed by atoms with E-state index in [1.54, 1.807) is 13.2 Å². The number of aryl methyl sites for hydroxylation is 1. The van der Waals surface area contributed by atoms with Crippen LogP contribution in [0.2, 0.25) is 0 Å². The van der Waals surface area contributed by atoms with E-state index in [2.05, 4.69) is 20.4 Å². The summed E-state index contributed by atoms with van der Waals surface area (Å²) in [4.78, 5) is 25.8. The highest BCUT2D eigenvalue weighted by Gasteiger charge is 2.02. The molecule has 0 fully saturated rings. The monoisotopic (exact) mass is 292 g/mol. The number of aromatic amines is 1. The highest BCUT2D eigenvalue weighted by Crippen LogP contribution is 2.01. The quantitative estimate of drug-likeness (QED) is 0.502. The van der Waals surface area contributed by atoms with Gasteiger partial charge in [-0.05, 0) is 26.2 Å². The Bertz CT molecular complexity index is 548. The lowest BCUT2D eigenvalue weighted by Crippen LogP contribution is -2.30. The van der Waals surface area contributed by atoms with E-state index in [9.17, 15) is 9.59 Å². The van der Waals surface area contributed by atoms with E-state index in [-0.39, 0.29) is 11.5 Å². The van der Waals surface area contributed by atoms with Gasteiger partial charge in [-0.1, -0.05) is 6.42 Å². The fourth-order valence-corrected chi connectivity index (χ4v) is 1.82. The number of H-pyrrole nitrogens is 1. The first-order valence-electron chi connectivity index (χ1n) is 6.88. The van der Waals surface area contributed by atoms with Crippen molar-refractivity contribution in [1.82, 2.24) is 10.3 Å². The van der Waals surface area contributed by atoms with E-state index in [4.69, 9.17) is 5.26 Å². The third-order valence-corrected chi connectivity index (χ3v) is 2.75. The van der Waals surface area contributed by atoms with Gasteiger partial charge in [-0.3, -0.25) is 10.1 Å². The van der Waals surface area contributed by atoms with Crippen molar-refractivity contribution in [3.05, 3.63) is 28.0 Å². The lowest BCUT2D eigenvalue weighted by Gasteiger charge is -2.08. The molecule has 0 aliphatic heterocycles. The maximum Gasteiger partial charge on any atom is 0.320 e. The smallest absolute Gasteiger partial charge is 0.320 e. The SMILES string of the molecule is Cc1cc(=O)cc(NC(=O)NCCCCCCOC#N)[nH]1. The lowest BCUT2D eigenvalue weighted by atomic mass is 10.2. The second kappa shape index (κ2) is 9.42. The van der Waals surface area contributed by atoms with Crippen LogP contribution in [0.1, 0.15) is 31.4 Å². The Morgan fingerprint density at radius 2 is 2.10 bits per heavy atom. The molecular formula is C14H20N4O3. The van der Waals surface area contributed by atoms with E-state index in [1.165, 1.54) is 12.1 Å². The minimum atomic E-state index is -0.343. The van der Waals surface area contributed by atoms with Gasteiger partial charge < -0.3 is 15.0 Å². The summed E-state index contributed by atoms with van der Waals surface area (Å²) in [5, 5.41) is 13.5. The van der Waals surface area contributed by atoms with E-state index in [0.717, 1.165) is 25.7 Å². The molecular weight excluding hydrogens is 272 g/mol. The highest BCUT2D eigenvalue weighted by molar-refractivity contribution is 5.88. The normalized spacial score (nSPS) is 9.71. The molecule has 0 aromatic carbocycles. The average Bonchev–Trinajstić information content (AvgIpc) is 2.40. The van der Waals surface area contributed by atoms with Gasteiger partial charge in [-0.2, -0.15) is 5.26 Å². The fraction of sp³-hybridized carbons (Fsp3) is 0.500. The van der Waals surface area contributed by atoms with Crippen molar-refractivity contribution < 1.29 is 9.53 Å². The number of anilines is 1. The van der Waals surface area contributed by atoms with Gasteiger partial charge in [-0.15, -0.1) is 0 Å². The zero-order valence-corrected chi connectivity index (χ0v) is 12.1. The van der Waals surface area contributed by atoms with Crippen LogP contribution in [-0.4, -0.2) is 24.2 Å². The molecule has 3 N–H and O–H groups in total. The first-order valence-corrected chi connectivity index (χ1v) is 6.88. The molecule has 21 heavy (non-hydrogen) atoms. The summed E-state index contributed by atoms with van der Waals surface area (Å²) < 4.78 is 4.56. The maximum atomic E-state index is 11.6. The van der Waals surface area contributed by atoms with E-state index in [0.29, 0.717) is 24.7 Å². The van der Waals surface area contributed by atoms with Crippen LogP contribution in [0.5, 0.6) is 0 Å². The van der Waals surface area contributed by atoms with Crippen molar-refractivity contribution in [2.75, 3.05) is 18.5 Å². The number of nitrogens with one attached hydrogen (secondary N) is 3. The number of hydrogen-bond acceptors (Lipinski definition) is 4. The van der Waals surface area contributed by atoms with Crippen molar-refractivity contribution in [3.8, 4) is 6.26 Å². The van der Waals surface area contributed by atoms with Gasteiger partial charge in [-0.25, -0.2) is 4.79 Å². The van der Waals surface area contributed by atoms with E-state index >= 15 is 0 Å². The first-order chi connectivity index (χ1) is 10.1. The highest BCUT2D eigenvalue weighted by atomic mass is 16.5. The molecule has 7 heteroatoms. The number of rotatable bonds is 8. The Morgan fingerprint density at radius 3 is 2.81 bits per heavy atom.